The Balaban J connectivity index is 3.12. The predicted octanol–water partition coefficient (Wildman–Crippen LogP) is 3.96. The molecule has 0 aliphatic carbocycles. The smallest absolute Gasteiger partial charge is 0.350 e. The zero-order valence-electron chi connectivity index (χ0n) is 9.74. The maximum absolute atomic E-state index is 11.6. The fraction of sp³-hybridized carbons (Fsp3) is 0.333. The molecule has 0 N–H and O–H groups in total. The quantitative estimate of drug-likeness (QED) is 0.776. The lowest BCUT2D eigenvalue weighted by molar-refractivity contribution is 0.0740. The highest BCUT2D eigenvalue weighted by atomic mass is 79.9. The predicted molar refractivity (Wildman–Crippen MR) is 73.7 cm³/mol. The van der Waals surface area contributed by atoms with E-state index < -0.39 is 11.9 Å². The van der Waals surface area contributed by atoms with Gasteiger partial charge in [-0.05, 0) is 30.5 Å². The van der Waals surface area contributed by atoms with Gasteiger partial charge >= 0.3 is 11.9 Å². The van der Waals surface area contributed by atoms with Gasteiger partial charge in [-0.25, -0.2) is 9.59 Å². The maximum Gasteiger partial charge on any atom is 0.350 e. The maximum atomic E-state index is 11.6. The summed E-state index contributed by atoms with van der Waals surface area (Å²) in [4.78, 5) is 23.1. The van der Waals surface area contributed by atoms with Gasteiger partial charge in [-0.15, -0.1) is 0 Å². The van der Waals surface area contributed by atoms with Gasteiger partial charge in [0.25, 0.3) is 0 Å². The Kier molecular flexibility index (Phi) is 6.35. The molecule has 0 bridgehead atoms. The van der Waals surface area contributed by atoms with Gasteiger partial charge in [0, 0.05) is 0 Å². The SMILES string of the molecule is CCCCc1ccc(C(=O)OBr)c(C(=O)OBr)c1. The molecule has 0 fully saturated rings. The van der Waals surface area contributed by atoms with Gasteiger partial charge in [0.15, 0.2) is 32.5 Å². The first kappa shape index (κ1) is 15.2. The van der Waals surface area contributed by atoms with Crippen molar-refractivity contribution < 1.29 is 17.2 Å². The minimum absolute atomic E-state index is 0.163. The summed E-state index contributed by atoms with van der Waals surface area (Å²) >= 11 is 5.22. The molecule has 0 aliphatic heterocycles. The minimum atomic E-state index is -0.634. The number of hydrogen-bond acceptors (Lipinski definition) is 4. The molecule has 0 radical (unpaired) electrons. The van der Waals surface area contributed by atoms with Crippen LogP contribution in [0.25, 0.3) is 0 Å². The normalized spacial score (nSPS) is 9.94. The summed E-state index contributed by atoms with van der Waals surface area (Å²) in [7, 11) is 0. The second kappa shape index (κ2) is 7.53. The Morgan fingerprint density at radius 3 is 2.28 bits per heavy atom. The van der Waals surface area contributed by atoms with E-state index in [4.69, 9.17) is 0 Å². The van der Waals surface area contributed by atoms with Gasteiger partial charge in [0.1, 0.15) is 0 Å². The first-order valence-electron chi connectivity index (χ1n) is 5.42. The zero-order valence-corrected chi connectivity index (χ0v) is 12.9. The molecule has 6 heteroatoms. The van der Waals surface area contributed by atoms with Crippen LogP contribution in [0, 0.1) is 0 Å². The second-order valence-electron chi connectivity index (χ2n) is 3.71. The molecular weight excluding hydrogens is 368 g/mol. The molecule has 4 nitrogen and oxygen atoms in total. The van der Waals surface area contributed by atoms with Crippen LogP contribution in [0.3, 0.4) is 0 Å². The molecule has 0 atom stereocenters. The molecule has 0 aromatic heterocycles. The van der Waals surface area contributed by atoms with Crippen LogP contribution in [0.4, 0.5) is 0 Å². The Morgan fingerprint density at radius 2 is 1.72 bits per heavy atom. The molecule has 18 heavy (non-hydrogen) atoms. The number of benzene rings is 1. The van der Waals surface area contributed by atoms with E-state index >= 15 is 0 Å². The van der Waals surface area contributed by atoms with Crippen molar-refractivity contribution in [1.29, 1.82) is 0 Å². The van der Waals surface area contributed by atoms with E-state index in [1.165, 1.54) is 0 Å². The number of unbranched alkanes of at least 4 members (excludes halogenated alkanes) is 1. The third-order valence-corrected chi connectivity index (χ3v) is 3.07. The molecule has 0 spiro atoms. The van der Waals surface area contributed by atoms with Gasteiger partial charge in [-0.3, -0.25) is 0 Å². The standard InChI is InChI=1S/C12H12Br2O4/c1-2-3-4-8-5-6-9(11(15)17-13)10(7-8)12(16)18-14/h5-7H,2-4H2,1H3. The van der Waals surface area contributed by atoms with Crippen LogP contribution in [-0.2, 0) is 14.1 Å². The highest BCUT2D eigenvalue weighted by Crippen LogP contribution is 2.18. The Labute approximate surface area is 123 Å². The van der Waals surface area contributed by atoms with E-state index in [0.717, 1.165) is 24.8 Å². The van der Waals surface area contributed by atoms with Gasteiger partial charge in [-0.2, -0.15) is 0 Å². The Hall–Kier alpha value is -0.880. The topological polar surface area (TPSA) is 52.6 Å². The summed E-state index contributed by atoms with van der Waals surface area (Å²) in [6, 6.07) is 5.02. The number of halogens is 2. The van der Waals surface area contributed by atoms with Crippen LogP contribution in [0.5, 0.6) is 0 Å². The molecule has 1 aromatic rings. The van der Waals surface area contributed by atoms with E-state index in [2.05, 4.69) is 47.1 Å². The van der Waals surface area contributed by atoms with Crippen LogP contribution in [0.1, 0.15) is 46.0 Å². The van der Waals surface area contributed by atoms with Crippen molar-refractivity contribution in [3.8, 4) is 0 Å². The number of aryl methyl sites for hydroxylation is 1. The molecule has 1 aromatic carbocycles. The van der Waals surface area contributed by atoms with Gasteiger partial charge in [0.2, 0.25) is 0 Å². The first-order valence-corrected chi connectivity index (χ1v) is 6.72. The molecule has 0 amide bonds. The highest BCUT2D eigenvalue weighted by molar-refractivity contribution is 9.06. The van der Waals surface area contributed by atoms with Crippen molar-refractivity contribution in [2.24, 2.45) is 0 Å². The van der Waals surface area contributed by atoms with E-state index in [9.17, 15) is 9.59 Å². The molecule has 0 saturated carbocycles. The molecular formula is C12H12Br2O4. The van der Waals surface area contributed by atoms with Gasteiger partial charge < -0.3 is 7.66 Å². The number of rotatable bonds is 5. The Morgan fingerprint density at radius 1 is 1.11 bits per heavy atom. The molecule has 1 rings (SSSR count). The number of carbonyl (C=O) groups is 2. The summed E-state index contributed by atoms with van der Waals surface area (Å²) < 4.78 is 8.92. The van der Waals surface area contributed by atoms with Crippen LogP contribution < -0.4 is 0 Å². The summed E-state index contributed by atoms with van der Waals surface area (Å²) in [6.07, 6.45) is 2.93. The fourth-order valence-electron chi connectivity index (χ4n) is 1.56. The van der Waals surface area contributed by atoms with Gasteiger partial charge in [0.05, 0.1) is 11.1 Å². The first-order chi connectivity index (χ1) is 8.63. The monoisotopic (exact) mass is 378 g/mol. The number of hydrogen-bond donors (Lipinski definition) is 0. The van der Waals surface area contributed by atoms with Gasteiger partial charge in [-0.1, -0.05) is 19.4 Å². The summed E-state index contributed by atoms with van der Waals surface area (Å²) in [5.41, 5.74) is 1.33. The largest absolute Gasteiger partial charge is 0.380 e. The van der Waals surface area contributed by atoms with E-state index in [0.29, 0.717) is 0 Å². The lowest BCUT2D eigenvalue weighted by Crippen LogP contribution is -2.09. The van der Waals surface area contributed by atoms with Crippen LogP contribution >= 0.6 is 32.5 Å². The molecule has 0 unspecified atom stereocenters. The third-order valence-electron chi connectivity index (χ3n) is 2.48. The fourth-order valence-corrected chi connectivity index (χ4v) is 1.91. The summed E-state index contributed by atoms with van der Waals surface area (Å²) in [5.74, 6) is -1.26. The van der Waals surface area contributed by atoms with Crippen LogP contribution in [0.2, 0.25) is 0 Å². The molecule has 0 saturated heterocycles. The lowest BCUT2D eigenvalue weighted by Gasteiger charge is -2.07. The molecule has 0 aliphatic rings. The molecule has 0 heterocycles. The molecule has 98 valence electrons. The van der Waals surface area contributed by atoms with Crippen molar-refractivity contribution in [2.75, 3.05) is 0 Å². The average molecular weight is 380 g/mol. The van der Waals surface area contributed by atoms with Crippen LogP contribution in [0.15, 0.2) is 18.2 Å². The van der Waals surface area contributed by atoms with Crippen molar-refractivity contribution in [1.82, 2.24) is 0 Å². The van der Waals surface area contributed by atoms with E-state index in [1.807, 2.05) is 0 Å². The van der Waals surface area contributed by atoms with Crippen molar-refractivity contribution in [2.45, 2.75) is 26.2 Å². The van der Waals surface area contributed by atoms with Crippen molar-refractivity contribution in [3.05, 3.63) is 34.9 Å². The summed E-state index contributed by atoms with van der Waals surface area (Å²) in [6.45, 7) is 2.09. The number of carbonyl (C=O) groups excluding carboxylic acids is 2. The van der Waals surface area contributed by atoms with Crippen molar-refractivity contribution in [3.63, 3.8) is 0 Å². The Bertz CT molecular complexity index is 446. The lowest BCUT2D eigenvalue weighted by atomic mass is 10.0. The van der Waals surface area contributed by atoms with Crippen LogP contribution in [-0.4, -0.2) is 11.9 Å². The van der Waals surface area contributed by atoms with Crippen molar-refractivity contribution >= 4 is 44.5 Å². The average Bonchev–Trinajstić information content (AvgIpc) is 2.43. The van der Waals surface area contributed by atoms with E-state index in [1.54, 1.807) is 18.2 Å². The highest BCUT2D eigenvalue weighted by Gasteiger charge is 2.19. The second-order valence-corrected chi connectivity index (χ2v) is 4.36. The summed E-state index contributed by atoms with van der Waals surface area (Å²) in [5, 5.41) is 0. The van der Waals surface area contributed by atoms with E-state index in [-0.39, 0.29) is 11.1 Å². The zero-order chi connectivity index (χ0) is 13.5. The third kappa shape index (κ3) is 3.81. The minimum Gasteiger partial charge on any atom is -0.380 e.